The number of rotatable bonds is 9. The summed E-state index contributed by atoms with van der Waals surface area (Å²) in [4.78, 5) is 38.1. The minimum Gasteiger partial charge on any atom is -0.465 e. The largest absolute Gasteiger partial charge is 0.465 e. The van der Waals surface area contributed by atoms with Gasteiger partial charge in [0.05, 0.1) is 19.6 Å². The molecule has 0 atom stereocenters. The highest BCUT2D eigenvalue weighted by molar-refractivity contribution is 5.98. The van der Waals surface area contributed by atoms with Gasteiger partial charge < -0.3 is 14.2 Å². The van der Waals surface area contributed by atoms with Crippen molar-refractivity contribution in [2.45, 2.75) is 109 Å². The summed E-state index contributed by atoms with van der Waals surface area (Å²) in [5.74, 6) is -2.29. The summed E-state index contributed by atoms with van der Waals surface area (Å²) in [7, 11) is 0. The number of carbonyl (C=O) groups excluding carboxylic acids is 3. The molecule has 0 N–H and O–H groups in total. The van der Waals surface area contributed by atoms with E-state index in [0.717, 1.165) is 83.5 Å². The van der Waals surface area contributed by atoms with Crippen LogP contribution in [-0.2, 0) is 28.6 Å². The van der Waals surface area contributed by atoms with Crippen molar-refractivity contribution in [3.63, 3.8) is 0 Å². The molecule has 3 fully saturated rings. The predicted molar refractivity (Wildman–Crippen MR) is 116 cm³/mol. The van der Waals surface area contributed by atoms with Crippen LogP contribution in [0.5, 0.6) is 0 Å². The topological polar surface area (TPSA) is 78.9 Å². The van der Waals surface area contributed by atoms with Crippen molar-refractivity contribution in [2.75, 3.05) is 13.2 Å². The van der Waals surface area contributed by atoms with Gasteiger partial charge in [-0.05, 0) is 63.2 Å². The average molecular weight is 437 g/mol. The van der Waals surface area contributed by atoms with Crippen molar-refractivity contribution in [1.82, 2.24) is 0 Å². The van der Waals surface area contributed by atoms with Crippen molar-refractivity contribution >= 4 is 17.9 Å². The zero-order valence-corrected chi connectivity index (χ0v) is 19.0. The van der Waals surface area contributed by atoms with Crippen LogP contribution in [-0.4, -0.2) is 37.2 Å². The van der Waals surface area contributed by atoms with Crippen molar-refractivity contribution < 1.29 is 28.6 Å². The number of esters is 3. The minimum atomic E-state index is -1.22. The van der Waals surface area contributed by atoms with E-state index in [4.69, 9.17) is 14.2 Å². The maximum absolute atomic E-state index is 12.8. The van der Waals surface area contributed by atoms with Gasteiger partial charge in [-0.25, -0.2) is 0 Å². The van der Waals surface area contributed by atoms with Gasteiger partial charge in [0.2, 0.25) is 0 Å². The highest BCUT2D eigenvalue weighted by Crippen LogP contribution is 2.26. The first-order chi connectivity index (χ1) is 15.1. The Labute approximate surface area is 186 Å². The van der Waals surface area contributed by atoms with Crippen molar-refractivity contribution in [1.29, 1.82) is 0 Å². The van der Waals surface area contributed by atoms with Crippen LogP contribution in [0.1, 0.15) is 103 Å². The third-order valence-corrected chi connectivity index (χ3v) is 7.16. The number of carbonyl (C=O) groups is 3. The standard InChI is InChI=1S/C25H40O6/c26-23(31-21-14-8-3-9-15-21)16-22(24(27)29-17-19-10-4-1-5-11-19)25(28)30-18-20-12-6-2-7-13-20/h19-22H,1-18H2. The van der Waals surface area contributed by atoms with Crippen LogP contribution in [0.4, 0.5) is 0 Å². The molecular weight excluding hydrogens is 396 g/mol. The lowest BCUT2D eigenvalue weighted by atomic mass is 9.90. The lowest BCUT2D eigenvalue weighted by Crippen LogP contribution is -2.34. The van der Waals surface area contributed by atoms with Gasteiger partial charge in [-0.1, -0.05) is 44.9 Å². The monoisotopic (exact) mass is 436 g/mol. The highest BCUT2D eigenvalue weighted by atomic mass is 16.6. The van der Waals surface area contributed by atoms with Crippen LogP contribution in [0.25, 0.3) is 0 Å². The maximum atomic E-state index is 12.8. The van der Waals surface area contributed by atoms with Gasteiger partial charge in [-0.15, -0.1) is 0 Å². The van der Waals surface area contributed by atoms with Crippen molar-refractivity contribution in [2.24, 2.45) is 17.8 Å². The molecule has 0 saturated heterocycles. The van der Waals surface area contributed by atoms with Gasteiger partial charge in [0.25, 0.3) is 0 Å². The molecule has 0 amide bonds. The first-order valence-corrected chi connectivity index (χ1v) is 12.6. The van der Waals surface area contributed by atoms with Gasteiger partial charge in [0.15, 0.2) is 5.92 Å². The normalized spacial score (nSPS) is 21.6. The van der Waals surface area contributed by atoms with E-state index in [1.54, 1.807) is 0 Å². The molecule has 3 aliphatic carbocycles. The zero-order chi connectivity index (χ0) is 21.9. The van der Waals surface area contributed by atoms with E-state index in [0.29, 0.717) is 25.0 Å². The number of hydrogen-bond acceptors (Lipinski definition) is 6. The number of ether oxygens (including phenoxy) is 3. The Bertz CT molecular complexity index is 537. The molecule has 0 aromatic carbocycles. The Morgan fingerprint density at radius 1 is 0.613 bits per heavy atom. The summed E-state index contributed by atoms with van der Waals surface area (Å²) >= 11 is 0. The molecule has 6 heteroatoms. The van der Waals surface area contributed by atoms with Crippen LogP contribution in [0.2, 0.25) is 0 Å². The zero-order valence-electron chi connectivity index (χ0n) is 19.0. The SMILES string of the molecule is O=C(CC(C(=O)OCC1CCCCC1)C(=O)OCC1CCCCC1)OC1CCCCC1. The van der Waals surface area contributed by atoms with E-state index >= 15 is 0 Å². The molecule has 0 aromatic heterocycles. The molecule has 176 valence electrons. The first-order valence-electron chi connectivity index (χ1n) is 12.6. The van der Waals surface area contributed by atoms with Gasteiger partial charge >= 0.3 is 17.9 Å². The van der Waals surface area contributed by atoms with Crippen LogP contribution >= 0.6 is 0 Å². The summed E-state index contributed by atoms with van der Waals surface area (Å²) in [5, 5.41) is 0. The molecule has 0 unspecified atom stereocenters. The second-order valence-corrected chi connectivity index (χ2v) is 9.77. The summed E-state index contributed by atoms with van der Waals surface area (Å²) in [6.45, 7) is 0.645. The van der Waals surface area contributed by atoms with Crippen LogP contribution in [0, 0.1) is 17.8 Å². The van der Waals surface area contributed by atoms with Crippen molar-refractivity contribution in [3.8, 4) is 0 Å². The highest BCUT2D eigenvalue weighted by Gasteiger charge is 2.35. The molecule has 0 heterocycles. The average Bonchev–Trinajstić information content (AvgIpc) is 2.81. The Balaban J connectivity index is 1.52. The quantitative estimate of drug-likeness (QED) is 0.284. The lowest BCUT2D eigenvalue weighted by molar-refractivity contribution is -0.170. The molecule has 0 aromatic rings. The third kappa shape index (κ3) is 8.46. The lowest BCUT2D eigenvalue weighted by Gasteiger charge is -2.25. The molecule has 3 rings (SSSR count). The van der Waals surface area contributed by atoms with Crippen LogP contribution in [0.15, 0.2) is 0 Å². The molecular formula is C25H40O6. The summed E-state index contributed by atoms with van der Waals surface area (Å²) < 4.78 is 16.6. The van der Waals surface area contributed by atoms with E-state index in [1.807, 2.05) is 0 Å². The van der Waals surface area contributed by atoms with E-state index in [9.17, 15) is 14.4 Å². The summed E-state index contributed by atoms with van der Waals surface area (Å²) in [5.41, 5.74) is 0. The van der Waals surface area contributed by atoms with Crippen LogP contribution in [0.3, 0.4) is 0 Å². The fourth-order valence-electron chi connectivity index (χ4n) is 5.16. The molecule has 0 radical (unpaired) electrons. The first kappa shape index (κ1) is 24.1. The second-order valence-electron chi connectivity index (χ2n) is 9.77. The van der Waals surface area contributed by atoms with E-state index < -0.39 is 23.8 Å². The molecule has 0 aliphatic heterocycles. The van der Waals surface area contributed by atoms with Crippen LogP contribution < -0.4 is 0 Å². The molecule has 0 bridgehead atoms. The number of hydrogen-bond donors (Lipinski definition) is 0. The summed E-state index contributed by atoms with van der Waals surface area (Å²) in [6.07, 6.45) is 15.9. The third-order valence-electron chi connectivity index (χ3n) is 7.16. The summed E-state index contributed by atoms with van der Waals surface area (Å²) in [6, 6.07) is 0. The fraction of sp³-hybridized carbons (Fsp3) is 0.880. The molecule has 31 heavy (non-hydrogen) atoms. The van der Waals surface area contributed by atoms with Gasteiger partial charge in [0.1, 0.15) is 6.10 Å². The predicted octanol–water partition coefficient (Wildman–Crippen LogP) is 5.12. The Morgan fingerprint density at radius 2 is 1.03 bits per heavy atom. The van der Waals surface area contributed by atoms with E-state index in [2.05, 4.69) is 0 Å². The molecule has 3 saturated carbocycles. The maximum Gasteiger partial charge on any atom is 0.320 e. The Kier molecular flexibility index (Phi) is 10.1. The van der Waals surface area contributed by atoms with Gasteiger partial charge in [-0.2, -0.15) is 0 Å². The molecule has 0 spiro atoms. The van der Waals surface area contributed by atoms with E-state index in [-0.39, 0.29) is 12.5 Å². The van der Waals surface area contributed by atoms with Gasteiger partial charge in [-0.3, -0.25) is 14.4 Å². The molecule has 6 nitrogen and oxygen atoms in total. The minimum absolute atomic E-state index is 0.0987. The smallest absolute Gasteiger partial charge is 0.320 e. The second kappa shape index (κ2) is 13.1. The van der Waals surface area contributed by atoms with Crippen molar-refractivity contribution in [3.05, 3.63) is 0 Å². The molecule has 3 aliphatic rings. The Hall–Kier alpha value is -1.59. The Morgan fingerprint density at radius 3 is 1.48 bits per heavy atom. The fourth-order valence-corrected chi connectivity index (χ4v) is 5.16. The van der Waals surface area contributed by atoms with Gasteiger partial charge in [0, 0.05) is 0 Å². The van der Waals surface area contributed by atoms with E-state index in [1.165, 1.54) is 12.8 Å².